The number of para-hydroxylation sites is 1. The third-order valence-corrected chi connectivity index (χ3v) is 5.88. The molecule has 160 valence electrons. The zero-order valence-electron chi connectivity index (χ0n) is 16.7. The fourth-order valence-corrected chi connectivity index (χ4v) is 4.35. The van der Waals surface area contributed by atoms with E-state index in [4.69, 9.17) is 21.4 Å². The number of hydrogen-bond donors (Lipinski definition) is 1. The summed E-state index contributed by atoms with van der Waals surface area (Å²) >= 11 is 6.32. The van der Waals surface area contributed by atoms with Gasteiger partial charge in [-0.15, -0.1) is 0 Å². The topological polar surface area (TPSA) is 106 Å². The number of halogens is 1. The third-order valence-electron chi connectivity index (χ3n) is 5.58. The van der Waals surface area contributed by atoms with Gasteiger partial charge >= 0.3 is 0 Å². The molecule has 32 heavy (non-hydrogen) atoms. The number of benzene rings is 1. The van der Waals surface area contributed by atoms with Gasteiger partial charge in [-0.25, -0.2) is 19.5 Å². The molecule has 5 aromatic rings. The van der Waals surface area contributed by atoms with E-state index in [-0.39, 0.29) is 11.6 Å². The van der Waals surface area contributed by atoms with Gasteiger partial charge < -0.3 is 14.6 Å². The highest BCUT2D eigenvalue weighted by atomic mass is 35.5. The summed E-state index contributed by atoms with van der Waals surface area (Å²) in [5.41, 5.74) is 2.05. The molecule has 0 saturated carbocycles. The summed E-state index contributed by atoms with van der Waals surface area (Å²) in [5.74, 6) is 1.20. The molecule has 6 rings (SSSR count). The van der Waals surface area contributed by atoms with Crippen LogP contribution in [0, 0.1) is 0 Å². The predicted octanol–water partition coefficient (Wildman–Crippen LogP) is 2.38. The second-order valence-corrected chi connectivity index (χ2v) is 7.78. The molecule has 1 aliphatic rings. The van der Waals surface area contributed by atoms with Crippen molar-refractivity contribution in [1.82, 2.24) is 34.1 Å². The molecule has 1 saturated heterocycles. The number of aromatic amines is 1. The summed E-state index contributed by atoms with van der Waals surface area (Å²) in [6.07, 6.45) is 4.76. The summed E-state index contributed by atoms with van der Waals surface area (Å²) in [6, 6.07) is 10.7. The van der Waals surface area contributed by atoms with E-state index < -0.39 is 0 Å². The van der Waals surface area contributed by atoms with Crippen LogP contribution in [0.3, 0.4) is 0 Å². The second kappa shape index (κ2) is 7.43. The number of morpholine rings is 1. The number of imidazole rings is 1. The Morgan fingerprint density at radius 3 is 2.88 bits per heavy atom. The van der Waals surface area contributed by atoms with Gasteiger partial charge in [0.2, 0.25) is 0 Å². The average molecular weight is 449 g/mol. The Labute approximate surface area is 186 Å². The van der Waals surface area contributed by atoms with Crippen LogP contribution in [-0.2, 0) is 4.74 Å². The minimum Gasteiger partial charge on any atom is -0.377 e. The molecule has 10 nitrogen and oxygen atoms in total. The molecule has 0 spiro atoms. The summed E-state index contributed by atoms with van der Waals surface area (Å²) in [7, 11) is 0. The third kappa shape index (κ3) is 2.88. The van der Waals surface area contributed by atoms with Gasteiger partial charge in [-0.05, 0) is 18.2 Å². The number of nitrogens with one attached hydrogen (secondary N) is 1. The van der Waals surface area contributed by atoms with Crippen molar-refractivity contribution in [3.8, 4) is 5.69 Å². The lowest BCUT2D eigenvalue weighted by molar-refractivity contribution is 0.0902. The van der Waals surface area contributed by atoms with Crippen molar-refractivity contribution in [2.75, 3.05) is 24.7 Å². The fraction of sp³-hybridized carbons (Fsp3) is 0.190. The lowest BCUT2D eigenvalue weighted by atomic mass is 10.2. The van der Waals surface area contributed by atoms with E-state index in [1.807, 2.05) is 30.3 Å². The van der Waals surface area contributed by atoms with Gasteiger partial charge in [0.25, 0.3) is 5.56 Å². The Kier molecular flexibility index (Phi) is 4.40. The molecule has 1 N–H and O–H groups in total. The average Bonchev–Trinajstić information content (AvgIpc) is 3.46. The Morgan fingerprint density at radius 1 is 1.12 bits per heavy atom. The first-order valence-corrected chi connectivity index (χ1v) is 10.4. The van der Waals surface area contributed by atoms with Crippen LogP contribution in [-0.4, -0.2) is 53.9 Å². The Bertz CT molecular complexity index is 1490. The number of fused-ring (bicyclic) bond motifs is 2. The van der Waals surface area contributed by atoms with Crippen LogP contribution in [0.1, 0.15) is 11.9 Å². The smallest absolute Gasteiger partial charge is 0.284 e. The van der Waals surface area contributed by atoms with Crippen LogP contribution in [0.5, 0.6) is 0 Å². The van der Waals surface area contributed by atoms with E-state index in [0.717, 1.165) is 5.52 Å². The molecule has 5 heterocycles. The van der Waals surface area contributed by atoms with Crippen LogP contribution < -0.4 is 10.5 Å². The van der Waals surface area contributed by atoms with Gasteiger partial charge in [0.15, 0.2) is 17.3 Å². The Hall–Kier alpha value is -3.76. The molecule has 1 unspecified atom stereocenters. The van der Waals surface area contributed by atoms with Crippen LogP contribution >= 0.6 is 11.6 Å². The van der Waals surface area contributed by atoms with Gasteiger partial charge in [0.05, 0.1) is 30.3 Å². The lowest BCUT2D eigenvalue weighted by Crippen LogP contribution is -2.43. The van der Waals surface area contributed by atoms with Gasteiger partial charge in [0, 0.05) is 12.7 Å². The first-order valence-electron chi connectivity index (χ1n) is 10.1. The molecule has 4 aromatic heterocycles. The van der Waals surface area contributed by atoms with Gasteiger partial charge in [-0.1, -0.05) is 29.8 Å². The van der Waals surface area contributed by atoms with Crippen molar-refractivity contribution >= 4 is 34.1 Å². The number of hydrogen-bond acceptors (Lipinski definition) is 7. The number of nitrogens with zero attached hydrogens (tertiary/aromatic N) is 7. The Balaban J connectivity index is 1.61. The van der Waals surface area contributed by atoms with Crippen LogP contribution in [0.25, 0.3) is 22.4 Å². The first kappa shape index (κ1) is 19.0. The lowest BCUT2D eigenvalue weighted by Gasteiger charge is -2.36. The SMILES string of the molecule is O=c1c2c(Cl)ccn2nc(C2COCCN2c2ncnc3nc[nH]c23)n1-c1ccccc1. The molecule has 11 heteroatoms. The molecular weight excluding hydrogens is 432 g/mol. The minimum atomic E-state index is -0.386. The number of anilines is 1. The normalized spacial score (nSPS) is 16.8. The molecular formula is C21H17ClN8O2. The maximum atomic E-state index is 13.6. The van der Waals surface area contributed by atoms with E-state index in [9.17, 15) is 4.79 Å². The number of ether oxygens (including phenoxy) is 1. The quantitative estimate of drug-likeness (QED) is 0.451. The molecule has 0 amide bonds. The van der Waals surface area contributed by atoms with E-state index in [1.54, 1.807) is 23.2 Å². The van der Waals surface area contributed by atoms with Crippen molar-refractivity contribution < 1.29 is 4.74 Å². The standard InChI is InChI=1S/C21H17ClN8O2/c22-14-6-7-29-17(14)21(31)30(13-4-2-1-3-5-13)19(27-29)15-10-32-9-8-28(15)20-16-18(24-11-23-16)25-12-26-20/h1-7,11-12,15H,8-10H2,(H,23,24,25,26). The molecule has 1 aromatic carbocycles. The van der Waals surface area contributed by atoms with E-state index in [1.165, 1.54) is 10.8 Å². The summed E-state index contributed by atoms with van der Waals surface area (Å²) in [4.78, 5) is 31.8. The molecule has 1 fully saturated rings. The second-order valence-electron chi connectivity index (χ2n) is 7.37. The first-order chi connectivity index (χ1) is 15.7. The molecule has 0 radical (unpaired) electrons. The summed E-state index contributed by atoms with van der Waals surface area (Å²) < 4.78 is 8.95. The zero-order valence-corrected chi connectivity index (χ0v) is 17.5. The van der Waals surface area contributed by atoms with Gasteiger partial charge in [-0.2, -0.15) is 5.10 Å². The van der Waals surface area contributed by atoms with E-state index in [0.29, 0.717) is 53.3 Å². The maximum Gasteiger partial charge on any atom is 0.284 e. The van der Waals surface area contributed by atoms with Crippen molar-refractivity contribution in [3.05, 3.63) is 76.5 Å². The number of aromatic nitrogens is 7. The molecule has 0 aliphatic carbocycles. The van der Waals surface area contributed by atoms with Crippen LogP contribution in [0.2, 0.25) is 5.02 Å². The summed E-state index contributed by atoms with van der Waals surface area (Å²) in [5, 5.41) is 5.16. The van der Waals surface area contributed by atoms with E-state index >= 15 is 0 Å². The zero-order chi connectivity index (χ0) is 21.7. The minimum absolute atomic E-state index is 0.254. The largest absolute Gasteiger partial charge is 0.377 e. The van der Waals surface area contributed by atoms with Crippen LogP contribution in [0.15, 0.2) is 60.0 Å². The highest BCUT2D eigenvalue weighted by molar-refractivity contribution is 6.33. The van der Waals surface area contributed by atoms with Gasteiger partial charge in [0.1, 0.15) is 23.4 Å². The predicted molar refractivity (Wildman–Crippen MR) is 118 cm³/mol. The fourth-order valence-electron chi connectivity index (χ4n) is 4.13. The number of rotatable bonds is 3. The van der Waals surface area contributed by atoms with Crippen LogP contribution in [0.4, 0.5) is 5.82 Å². The van der Waals surface area contributed by atoms with E-state index in [2.05, 4.69) is 24.8 Å². The monoisotopic (exact) mass is 448 g/mol. The van der Waals surface area contributed by atoms with Gasteiger partial charge in [-0.3, -0.25) is 9.36 Å². The highest BCUT2D eigenvalue weighted by Gasteiger charge is 2.33. The highest BCUT2D eigenvalue weighted by Crippen LogP contribution is 2.31. The maximum absolute atomic E-state index is 13.6. The molecule has 1 atom stereocenters. The van der Waals surface area contributed by atoms with Crippen molar-refractivity contribution in [1.29, 1.82) is 0 Å². The Morgan fingerprint density at radius 2 is 2.00 bits per heavy atom. The van der Waals surface area contributed by atoms with Crippen molar-refractivity contribution in [2.24, 2.45) is 0 Å². The van der Waals surface area contributed by atoms with Crippen molar-refractivity contribution in [3.63, 3.8) is 0 Å². The summed E-state index contributed by atoms with van der Waals surface area (Å²) in [6.45, 7) is 1.41. The molecule has 0 bridgehead atoms. The number of H-pyrrole nitrogens is 1. The molecule has 1 aliphatic heterocycles. The van der Waals surface area contributed by atoms with Crippen molar-refractivity contribution in [2.45, 2.75) is 6.04 Å².